The van der Waals surface area contributed by atoms with Gasteiger partial charge in [-0.05, 0) is 0 Å². The van der Waals surface area contributed by atoms with Crippen molar-refractivity contribution in [2.75, 3.05) is 0 Å². The number of rotatable bonds is 0. The molecular formula is C5H15MoN5O10. The van der Waals surface area contributed by atoms with Crippen molar-refractivity contribution < 1.29 is 70.6 Å². The molecule has 15 N–H and O–H groups in total. The third-order valence-electron chi connectivity index (χ3n) is 0. The Bertz CT molecular complexity index is 221. The standard InChI is InChI=1S/5CH3NO2.Mo/c5*2-1(3)4;/h5*2H2,(H,3,4);. The van der Waals surface area contributed by atoms with Crippen molar-refractivity contribution in [2.24, 2.45) is 28.7 Å². The molecule has 0 bridgehead atoms. The van der Waals surface area contributed by atoms with E-state index in [1.165, 1.54) is 0 Å². The fraction of sp³-hybridized carbons (Fsp3) is 0. The summed E-state index contributed by atoms with van der Waals surface area (Å²) in [7, 11) is 0. The first-order valence-electron chi connectivity index (χ1n) is 3.58. The topological polar surface area (TPSA) is 317 Å². The van der Waals surface area contributed by atoms with Crippen molar-refractivity contribution in [3.8, 4) is 0 Å². The Labute approximate surface area is 130 Å². The summed E-state index contributed by atoms with van der Waals surface area (Å²) in [5.74, 6) is 0. The number of hydrogen-bond donors (Lipinski definition) is 10. The fourth-order valence-electron chi connectivity index (χ4n) is 0. The summed E-state index contributed by atoms with van der Waals surface area (Å²) in [6.45, 7) is 0. The quantitative estimate of drug-likeness (QED) is 0.201. The van der Waals surface area contributed by atoms with E-state index in [1.54, 1.807) is 0 Å². The van der Waals surface area contributed by atoms with Crippen molar-refractivity contribution in [3.05, 3.63) is 0 Å². The fourth-order valence-corrected chi connectivity index (χ4v) is 0. The van der Waals surface area contributed by atoms with Gasteiger partial charge in [-0.25, -0.2) is 24.0 Å². The number of hydrogen-bond acceptors (Lipinski definition) is 5. The average Bonchev–Trinajstić information content (AvgIpc) is 1.94. The largest absolute Gasteiger partial charge is 0.465 e. The Balaban J connectivity index is -0.0000000331. The van der Waals surface area contributed by atoms with Crippen LogP contribution in [0, 0.1) is 0 Å². The van der Waals surface area contributed by atoms with Crippen LogP contribution in [0.5, 0.6) is 0 Å². The second kappa shape index (κ2) is 30.2. The molecular weight excluding hydrogens is 386 g/mol. The maximum absolute atomic E-state index is 8.78. The summed E-state index contributed by atoms with van der Waals surface area (Å²) in [5, 5.41) is 36.0. The first-order chi connectivity index (χ1) is 8.66. The van der Waals surface area contributed by atoms with Gasteiger partial charge in [0, 0.05) is 21.1 Å². The summed E-state index contributed by atoms with van der Waals surface area (Å²) in [5.41, 5.74) is 20.1. The molecule has 0 unspecified atom stereocenters. The molecule has 0 rings (SSSR count). The Morgan fingerprint density at radius 1 is 0.429 bits per heavy atom. The van der Waals surface area contributed by atoms with Gasteiger partial charge in [-0.15, -0.1) is 0 Å². The Morgan fingerprint density at radius 3 is 0.429 bits per heavy atom. The van der Waals surface area contributed by atoms with Gasteiger partial charge in [-0.3, -0.25) is 0 Å². The summed E-state index contributed by atoms with van der Waals surface area (Å²) >= 11 is 0. The van der Waals surface area contributed by atoms with E-state index in [0.717, 1.165) is 0 Å². The first kappa shape index (κ1) is 36.1. The Hall–Kier alpha value is -2.96. The molecule has 0 aromatic rings. The van der Waals surface area contributed by atoms with Crippen molar-refractivity contribution in [2.45, 2.75) is 0 Å². The van der Waals surface area contributed by atoms with E-state index in [1.807, 2.05) is 0 Å². The van der Waals surface area contributed by atoms with Crippen LogP contribution in [0.1, 0.15) is 0 Å². The van der Waals surface area contributed by atoms with E-state index in [0.29, 0.717) is 0 Å². The van der Waals surface area contributed by atoms with E-state index >= 15 is 0 Å². The van der Waals surface area contributed by atoms with Gasteiger partial charge < -0.3 is 54.2 Å². The van der Waals surface area contributed by atoms with E-state index in [-0.39, 0.29) is 21.1 Å². The van der Waals surface area contributed by atoms with Gasteiger partial charge in [0.15, 0.2) is 0 Å². The van der Waals surface area contributed by atoms with Gasteiger partial charge in [-0.1, -0.05) is 0 Å². The van der Waals surface area contributed by atoms with E-state index in [9.17, 15) is 0 Å². The molecule has 0 aliphatic carbocycles. The molecule has 0 saturated carbocycles. The molecule has 0 aliphatic heterocycles. The minimum absolute atomic E-state index is 0. The second-order valence-corrected chi connectivity index (χ2v) is 1.69. The van der Waals surface area contributed by atoms with E-state index in [2.05, 4.69) is 28.7 Å². The Morgan fingerprint density at radius 2 is 0.429 bits per heavy atom. The molecule has 5 amide bonds. The first-order valence-corrected chi connectivity index (χ1v) is 3.58. The molecule has 21 heavy (non-hydrogen) atoms. The molecule has 0 saturated heterocycles. The molecule has 0 spiro atoms. The third kappa shape index (κ3) is 439. The smallest absolute Gasteiger partial charge is 0.402 e. The van der Waals surface area contributed by atoms with Crippen LogP contribution in [-0.2, 0) is 21.1 Å². The molecule has 0 radical (unpaired) electrons. The zero-order valence-electron chi connectivity index (χ0n) is 10.1. The summed E-state index contributed by atoms with van der Waals surface area (Å²) in [4.78, 5) is 43.9. The van der Waals surface area contributed by atoms with Crippen molar-refractivity contribution in [3.63, 3.8) is 0 Å². The van der Waals surface area contributed by atoms with E-state index in [4.69, 9.17) is 49.5 Å². The van der Waals surface area contributed by atoms with Gasteiger partial charge >= 0.3 is 30.5 Å². The zero-order chi connectivity index (χ0) is 17.9. The molecule has 16 heteroatoms. The van der Waals surface area contributed by atoms with Gasteiger partial charge in [0.1, 0.15) is 0 Å². The van der Waals surface area contributed by atoms with E-state index < -0.39 is 30.5 Å². The Kier molecular flexibility index (Phi) is 52.0. The van der Waals surface area contributed by atoms with Crippen LogP contribution in [0.15, 0.2) is 0 Å². The predicted molar refractivity (Wildman–Crippen MR) is 61.1 cm³/mol. The monoisotopic (exact) mass is 403 g/mol. The van der Waals surface area contributed by atoms with Crippen molar-refractivity contribution in [1.29, 1.82) is 0 Å². The molecule has 0 aromatic heterocycles. The molecule has 0 aromatic carbocycles. The maximum Gasteiger partial charge on any atom is 0.402 e. The van der Waals surface area contributed by atoms with Gasteiger partial charge in [0.2, 0.25) is 0 Å². The van der Waals surface area contributed by atoms with Crippen molar-refractivity contribution >= 4 is 30.5 Å². The van der Waals surface area contributed by atoms with Crippen LogP contribution in [0.2, 0.25) is 0 Å². The molecule has 126 valence electrons. The second-order valence-electron chi connectivity index (χ2n) is 1.69. The SMILES string of the molecule is NC(=O)O.NC(=O)O.NC(=O)O.NC(=O)O.NC(=O)O.[Mo]. The number of primary amides is 5. The van der Waals surface area contributed by atoms with Crippen LogP contribution in [0.25, 0.3) is 0 Å². The zero-order valence-corrected chi connectivity index (χ0v) is 12.1. The molecule has 0 fully saturated rings. The van der Waals surface area contributed by atoms with Crippen LogP contribution in [0.3, 0.4) is 0 Å². The number of carbonyl (C=O) groups is 5. The number of carboxylic acid groups (broad SMARTS) is 5. The van der Waals surface area contributed by atoms with Gasteiger partial charge in [-0.2, -0.15) is 0 Å². The van der Waals surface area contributed by atoms with Crippen LogP contribution >= 0.6 is 0 Å². The molecule has 15 nitrogen and oxygen atoms in total. The molecule has 0 aliphatic rings. The average molecular weight is 401 g/mol. The van der Waals surface area contributed by atoms with Crippen molar-refractivity contribution in [1.82, 2.24) is 0 Å². The number of nitrogens with two attached hydrogens (primary N) is 5. The summed E-state index contributed by atoms with van der Waals surface area (Å²) < 4.78 is 0. The van der Waals surface area contributed by atoms with Gasteiger partial charge in [0.05, 0.1) is 0 Å². The number of amides is 5. The maximum atomic E-state index is 8.78. The van der Waals surface area contributed by atoms with Crippen LogP contribution in [-0.4, -0.2) is 56.0 Å². The third-order valence-corrected chi connectivity index (χ3v) is 0. The predicted octanol–water partition coefficient (Wildman–Crippen LogP) is -1.89. The molecule has 0 atom stereocenters. The normalized spacial score (nSPS) is 5.71. The van der Waals surface area contributed by atoms with Crippen LogP contribution in [0.4, 0.5) is 24.0 Å². The molecule has 0 heterocycles. The van der Waals surface area contributed by atoms with Gasteiger partial charge in [0.25, 0.3) is 0 Å². The summed E-state index contributed by atoms with van der Waals surface area (Å²) in [6, 6.07) is 0. The summed E-state index contributed by atoms with van der Waals surface area (Å²) in [6.07, 6.45) is -6.67. The van der Waals surface area contributed by atoms with Crippen LogP contribution < -0.4 is 28.7 Å². The minimum Gasteiger partial charge on any atom is -0.465 e. The minimum atomic E-state index is -1.33.